The number of aryl methyl sites for hydroxylation is 1. The molecule has 24 heavy (non-hydrogen) atoms. The normalized spacial score (nSPS) is 13.0. The van der Waals surface area contributed by atoms with Crippen LogP contribution in [0.3, 0.4) is 0 Å². The lowest BCUT2D eigenvalue weighted by atomic mass is 10.1. The Bertz CT molecular complexity index is 727. The molecule has 126 valence electrons. The van der Waals surface area contributed by atoms with E-state index in [1.807, 2.05) is 37.3 Å². The first-order chi connectivity index (χ1) is 11.4. The Balaban J connectivity index is 1.95. The van der Waals surface area contributed by atoms with Crippen molar-refractivity contribution < 1.29 is 19.4 Å². The molecule has 0 aromatic heterocycles. The van der Waals surface area contributed by atoms with Crippen molar-refractivity contribution in [1.29, 1.82) is 0 Å². The molecule has 0 radical (unpaired) electrons. The van der Waals surface area contributed by atoms with Crippen LogP contribution in [0.2, 0.25) is 0 Å². The summed E-state index contributed by atoms with van der Waals surface area (Å²) in [6.07, 6.45) is -0.938. The number of nitrogens with one attached hydrogen (secondary N) is 1. The zero-order valence-electron chi connectivity index (χ0n) is 13.9. The Kier molecular flexibility index (Phi) is 5.58. The van der Waals surface area contributed by atoms with Gasteiger partial charge >= 0.3 is 5.97 Å². The van der Waals surface area contributed by atoms with Gasteiger partial charge in [0.1, 0.15) is 5.75 Å². The highest BCUT2D eigenvalue weighted by molar-refractivity contribution is 5.92. The fraction of sp³-hybridized carbons (Fsp3) is 0.263. The molecule has 0 fully saturated rings. The summed E-state index contributed by atoms with van der Waals surface area (Å²) < 4.78 is 5.17. The van der Waals surface area contributed by atoms with Gasteiger partial charge in [0.05, 0.1) is 11.6 Å². The highest BCUT2D eigenvalue weighted by atomic mass is 16.5. The molecule has 2 atom stereocenters. The van der Waals surface area contributed by atoms with Crippen molar-refractivity contribution >= 4 is 11.9 Å². The number of phenols is 1. The molecule has 0 saturated carbocycles. The third kappa shape index (κ3) is 4.35. The summed E-state index contributed by atoms with van der Waals surface area (Å²) in [4.78, 5) is 24.2. The molecule has 2 aromatic rings. The molecule has 5 nitrogen and oxygen atoms in total. The van der Waals surface area contributed by atoms with Crippen LogP contribution in [0.4, 0.5) is 0 Å². The van der Waals surface area contributed by atoms with Crippen molar-refractivity contribution in [3.63, 3.8) is 0 Å². The van der Waals surface area contributed by atoms with Crippen LogP contribution in [0.15, 0.2) is 48.5 Å². The van der Waals surface area contributed by atoms with E-state index in [1.165, 1.54) is 13.0 Å². The van der Waals surface area contributed by atoms with Crippen molar-refractivity contribution in [3.8, 4) is 5.75 Å². The van der Waals surface area contributed by atoms with E-state index in [9.17, 15) is 14.7 Å². The third-order valence-electron chi connectivity index (χ3n) is 3.76. The second-order valence-corrected chi connectivity index (χ2v) is 5.69. The summed E-state index contributed by atoms with van der Waals surface area (Å²) in [5, 5.41) is 12.5. The number of hydrogen-bond donors (Lipinski definition) is 2. The first kappa shape index (κ1) is 17.5. The standard InChI is InChI=1S/C19H21NO4/c1-12-9-10-16(11-17(12)21)19(23)24-14(3)18(22)20-13(2)15-7-5-4-6-8-15/h4-11,13-14,21H,1-3H3,(H,20,22). The molecule has 0 heterocycles. The second kappa shape index (κ2) is 7.64. The topological polar surface area (TPSA) is 75.6 Å². The molecule has 2 unspecified atom stereocenters. The lowest BCUT2D eigenvalue weighted by Crippen LogP contribution is -2.37. The number of rotatable bonds is 5. The molecular formula is C19H21NO4. The van der Waals surface area contributed by atoms with E-state index in [-0.39, 0.29) is 23.3 Å². The fourth-order valence-electron chi connectivity index (χ4n) is 2.17. The number of ether oxygens (including phenoxy) is 1. The SMILES string of the molecule is Cc1ccc(C(=O)OC(C)C(=O)NC(C)c2ccccc2)cc1O. The predicted molar refractivity (Wildman–Crippen MR) is 90.7 cm³/mol. The monoisotopic (exact) mass is 327 g/mol. The Morgan fingerprint density at radius 2 is 1.75 bits per heavy atom. The molecule has 0 aliphatic heterocycles. The fourth-order valence-corrected chi connectivity index (χ4v) is 2.17. The molecule has 0 saturated heterocycles. The number of esters is 1. The summed E-state index contributed by atoms with van der Waals surface area (Å²) in [5.41, 5.74) is 1.83. The van der Waals surface area contributed by atoms with E-state index in [4.69, 9.17) is 4.74 Å². The number of hydrogen-bond acceptors (Lipinski definition) is 4. The highest BCUT2D eigenvalue weighted by Crippen LogP contribution is 2.18. The summed E-state index contributed by atoms with van der Waals surface area (Å²) in [5.74, 6) is -1.02. The van der Waals surface area contributed by atoms with Crippen LogP contribution in [0, 0.1) is 6.92 Å². The Morgan fingerprint density at radius 1 is 1.08 bits per heavy atom. The maximum atomic E-state index is 12.2. The van der Waals surface area contributed by atoms with Gasteiger partial charge in [0.15, 0.2) is 6.10 Å². The molecule has 0 aliphatic carbocycles. The third-order valence-corrected chi connectivity index (χ3v) is 3.76. The molecule has 1 amide bonds. The summed E-state index contributed by atoms with van der Waals surface area (Å²) in [6.45, 7) is 5.10. The Morgan fingerprint density at radius 3 is 2.38 bits per heavy atom. The summed E-state index contributed by atoms with van der Waals surface area (Å²) >= 11 is 0. The number of carbonyl (C=O) groups excluding carboxylic acids is 2. The zero-order chi connectivity index (χ0) is 17.7. The first-order valence-corrected chi connectivity index (χ1v) is 7.74. The van der Waals surface area contributed by atoms with Crippen LogP contribution in [-0.2, 0) is 9.53 Å². The number of amides is 1. The number of carbonyl (C=O) groups is 2. The molecule has 2 N–H and O–H groups in total. The molecule has 2 aromatic carbocycles. The van der Waals surface area contributed by atoms with Gasteiger partial charge in [-0.1, -0.05) is 36.4 Å². The highest BCUT2D eigenvalue weighted by Gasteiger charge is 2.21. The lowest BCUT2D eigenvalue weighted by molar-refractivity contribution is -0.129. The van der Waals surface area contributed by atoms with Crippen molar-refractivity contribution in [2.75, 3.05) is 0 Å². The molecule has 5 heteroatoms. The van der Waals surface area contributed by atoms with Crippen LogP contribution >= 0.6 is 0 Å². The van der Waals surface area contributed by atoms with Crippen molar-refractivity contribution in [2.45, 2.75) is 32.9 Å². The molecule has 2 rings (SSSR count). The van der Waals surface area contributed by atoms with Gasteiger partial charge in [0.25, 0.3) is 5.91 Å². The van der Waals surface area contributed by atoms with Gasteiger partial charge in [-0.15, -0.1) is 0 Å². The van der Waals surface area contributed by atoms with Crippen molar-refractivity contribution in [3.05, 3.63) is 65.2 Å². The largest absolute Gasteiger partial charge is 0.508 e. The Labute approximate surface area is 141 Å². The average Bonchev–Trinajstić information content (AvgIpc) is 2.57. The first-order valence-electron chi connectivity index (χ1n) is 7.74. The minimum absolute atomic E-state index is 0.0132. The lowest BCUT2D eigenvalue weighted by Gasteiger charge is -2.18. The van der Waals surface area contributed by atoms with Gasteiger partial charge in [0, 0.05) is 0 Å². The Hall–Kier alpha value is -2.82. The summed E-state index contributed by atoms with van der Waals surface area (Å²) in [7, 11) is 0. The molecule has 0 aliphatic rings. The number of aromatic hydroxyl groups is 1. The van der Waals surface area contributed by atoms with Gasteiger partial charge in [-0.05, 0) is 44.0 Å². The van der Waals surface area contributed by atoms with Crippen LogP contribution in [-0.4, -0.2) is 23.1 Å². The minimum Gasteiger partial charge on any atom is -0.508 e. The number of phenolic OH excluding ortho intramolecular Hbond substituents is 1. The van der Waals surface area contributed by atoms with Crippen LogP contribution < -0.4 is 5.32 Å². The van der Waals surface area contributed by atoms with E-state index in [0.717, 1.165) is 5.56 Å². The van der Waals surface area contributed by atoms with E-state index in [0.29, 0.717) is 5.56 Å². The van der Waals surface area contributed by atoms with Gasteiger partial charge in [-0.3, -0.25) is 4.79 Å². The van der Waals surface area contributed by atoms with E-state index >= 15 is 0 Å². The van der Waals surface area contributed by atoms with Gasteiger partial charge in [0.2, 0.25) is 0 Å². The number of benzene rings is 2. The van der Waals surface area contributed by atoms with Crippen molar-refractivity contribution in [2.24, 2.45) is 0 Å². The second-order valence-electron chi connectivity index (χ2n) is 5.69. The maximum absolute atomic E-state index is 12.2. The van der Waals surface area contributed by atoms with Gasteiger partial charge in [-0.25, -0.2) is 4.79 Å². The van der Waals surface area contributed by atoms with Gasteiger partial charge in [-0.2, -0.15) is 0 Å². The average molecular weight is 327 g/mol. The van der Waals surface area contributed by atoms with Crippen LogP contribution in [0.1, 0.15) is 41.4 Å². The van der Waals surface area contributed by atoms with E-state index in [2.05, 4.69) is 5.32 Å². The predicted octanol–water partition coefficient (Wildman–Crippen LogP) is 3.12. The zero-order valence-corrected chi connectivity index (χ0v) is 13.9. The van der Waals surface area contributed by atoms with E-state index < -0.39 is 12.1 Å². The van der Waals surface area contributed by atoms with E-state index in [1.54, 1.807) is 19.1 Å². The maximum Gasteiger partial charge on any atom is 0.339 e. The smallest absolute Gasteiger partial charge is 0.339 e. The molecule has 0 spiro atoms. The van der Waals surface area contributed by atoms with Crippen LogP contribution in [0.25, 0.3) is 0 Å². The van der Waals surface area contributed by atoms with Crippen molar-refractivity contribution in [1.82, 2.24) is 5.32 Å². The minimum atomic E-state index is -0.938. The molecular weight excluding hydrogens is 306 g/mol. The summed E-state index contributed by atoms with van der Waals surface area (Å²) in [6, 6.07) is 13.8. The van der Waals surface area contributed by atoms with Crippen LogP contribution in [0.5, 0.6) is 5.75 Å². The molecule has 0 bridgehead atoms. The quantitative estimate of drug-likeness (QED) is 0.827. The van der Waals surface area contributed by atoms with Gasteiger partial charge < -0.3 is 15.2 Å².